The second-order valence-electron chi connectivity index (χ2n) is 4.06. The highest BCUT2D eigenvalue weighted by atomic mass is 16.5. The van der Waals surface area contributed by atoms with Crippen molar-refractivity contribution in [2.24, 2.45) is 0 Å². The molecule has 3 aromatic rings. The van der Waals surface area contributed by atoms with E-state index in [1.807, 2.05) is 25.2 Å². The second kappa shape index (κ2) is 6.47. The van der Waals surface area contributed by atoms with Crippen LogP contribution in [0, 0.1) is 0 Å². The Labute approximate surface area is 117 Å². The number of nitrogens with zero attached hydrogens (tertiary/aromatic N) is 1. The topological polar surface area (TPSA) is 70.2 Å². The molecule has 0 amide bonds. The molecular formula is C15H17N3O2. The lowest BCUT2D eigenvalue weighted by Crippen LogP contribution is -1.86. The van der Waals surface area contributed by atoms with Crippen molar-refractivity contribution < 1.29 is 9.84 Å². The van der Waals surface area contributed by atoms with Crippen molar-refractivity contribution >= 4 is 16.7 Å². The number of aromatic nitrogens is 2. The minimum atomic E-state index is 0.181. The van der Waals surface area contributed by atoms with Crippen LogP contribution in [0.4, 0.5) is 5.69 Å². The van der Waals surface area contributed by atoms with Gasteiger partial charge >= 0.3 is 0 Å². The summed E-state index contributed by atoms with van der Waals surface area (Å²) in [5.74, 6) is 0.692. The lowest BCUT2D eigenvalue weighted by molar-refractivity contribution is 0.373. The highest BCUT2D eigenvalue weighted by Crippen LogP contribution is 2.23. The molecule has 0 aliphatic heterocycles. The highest BCUT2D eigenvalue weighted by Gasteiger charge is 1.95. The largest absolute Gasteiger partial charge is 0.504 e. The van der Waals surface area contributed by atoms with Gasteiger partial charge in [0.15, 0.2) is 11.5 Å². The number of methoxy groups -OCH3 is 1. The lowest BCUT2D eigenvalue weighted by Gasteiger charge is -1.99. The highest BCUT2D eigenvalue weighted by molar-refractivity contribution is 5.78. The van der Waals surface area contributed by atoms with Gasteiger partial charge in [-0.2, -0.15) is 0 Å². The number of benzene rings is 2. The fraction of sp³-hybridized carbons (Fsp3) is 0.133. The van der Waals surface area contributed by atoms with Crippen molar-refractivity contribution in [2.75, 3.05) is 19.5 Å². The number of imidazole rings is 1. The van der Waals surface area contributed by atoms with E-state index in [2.05, 4.69) is 15.3 Å². The number of phenolic OH excluding ortho intramolecular Hbond substituents is 1. The average molecular weight is 271 g/mol. The fourth-order valence-electron chi connectivity index (χ4n) is 1.72. The van der Waals surface area contributed by atoms with Crippen LogP contribution in [0.15, 0.2) is 48.8 Å². The van der Waals surface area contributed by atoms with Crippen molar-refractivity contribution in [2.45, 2.75) is 0 Å². The van der Waals surface area contributed by atoms with Gasteiger partial charge in [0, 0.05) is 12.7 Å². The molecule has 104 valence electrons. The number of phenols is 1. The van der Waals surface area contributed by atoms with Crippen LogP contribution in [0.25, 0.3) is 11.0 Å². The Hall–Kier alpha value is -2.69. The molecule has 0 aliphatic carbocycles. The standard InChI is InChI=1S/C8H9N3.C7H8O2/c1-9-6-2-3-7-8(4-6)11-5-10-7;1-9-7-5-3-2-4-6(7)8/h2-5,9H,1H3,(H,10,11);2-5,8H,1H3. The Kier molecular flexibility index (Phi) is 4.44. The van der Waals surface area contributed by atoms with Gasteiger partial charge in [0.2, 0.25) is 0 Å². The van der Waals surface area contributed by atoms with Gasteiger partial charge in [0.1, 0.15) is 0 Å². The molecule has 0 unspecified atom stereocenters. The first kappa shape index (κ1) is 13.7. The summed E-state index contributed by atoms with van der Waals surface area (Å²) >= 11 is 0. The number of hydrogen-bond acceptors (Lipinski definition) is 4. The first-order valence-electron chi connectivity index (χ1n) is 6.17. The third-order valence-corrected chi connectivity index (χ3v) is 2.79. The van der Waals surface area contributed by atoms with E-state index < -0.39 is 0 Å². The molecule has 3 N–H and O–H groups in total. The van der Waals surface area contributed by atoms with E-state index in [9.17, 15) is 0 Å². The molecule has 2 aromatic carbocycles. The van der Waals surface area contributed by atoms with Crippen molar-refractivity contribution in [3.63, 3.8) is 0 Å². The van der Waals surface area contributed by atoms with Gasteiger partial charge in [-0.25, -0.2) is 4.98 Å². The number of hydrogen-bond donors (Lipinski definition) is 3. The molecular weight excluding hydrogens is 254 g/mol. The SMILES string of the molecule is CNc1ccc2nc[nH]c2c1.COc1ccccc1O. The zero-order valence-electron chi connectivity index (χ0n) is 11.4. The number of aromatic hydroxyl groups is 1. The van der Waals surface area contributed by atoms with E-state index >= 15 is 0 Å². The Balaban J connectivity index is 0.000000151. The summed E-state index contributed by atoms with van der Waals surface area (Å²) in [5, 5.41) is 12.0. The normalized spacial score (nSPS) is 9.70. The summed E-state index contributed by atoms with van der Waals surface area (Å²) in [7, 11) is 3.42. The van der Waals surface area contributed by atoms with Gasteiger partial charge in [0.05, 0.1) is 24.5 Å². The summed E-state index contributed by atoms with van der Waals surface area (Å²) in [6.07, 6.45) is 1.70. The van der Waals surface area contributed by atoms with Crippen molar-refractivity contribution in [1.29, 1.82) is 0 Å². The molecule has 0 bridgehead atoms. The second-order valence-corrected chi connectivity index (χ2v) is 4.06. The Morgan fingerprint density at radius 2 is 2.00 bits per heavy atom. The van der Waals surface area contributed by atoms with Crippen LogP contribution >= 0.6 is 0 Å². The molecule has 0 saturated carbocycles. The van der Waals surface area contributed by atoms with Crippen molar-refractivity contribution in [1.82, 2.24) is 9.97 Å². The fourth-order valence-corrected chi connectivity index (χ4v) is 1.72. The number of fused-ring (bicyclic) bond motifs is 1. The quantitative estimate of drug-likeness (QED) is 0.670. The first-order chi connectivity index (χ1) is 9.74. The smallest absolute Gasteiger partial charge is 0.160 e. The summed E-state index contributed by atoms with van der Waals surface area (Å²) < 4.78 is 4.79. The molecule has 0 saturated heterocycles. The van der Waals surface area contributed by atoms with Gasteiger partial charge in [-0.15, -0.1) is 0 Å². The molecule has 0 aliphatic rings. The summed E-state index contributed by atoms with van der Waals surface area (Å²) in [4.78, 5) is 7.15. The monoisotopic (exact) mass is 271 g/mol. The van der Waals surface area contributed by atoms with Crippen LogP contribution < -0.4 is 10.1 Å². The zero-order valence-corrected chi connectivity index (χ0v) is 11.4. The van der Waals surface area contributed by atoms with Crippen LogP contribution in [0.1, 0.15) is 0 Å². The predicted molar refractivity (Wildman–Crippen MR) is 80.3 cm³/mol. The molecule has 0 spiro atoms. The van der Waals surface area contributed by atoms with E-state index in [1.165, 1.54) is 7.11 Å². The zero-order chi connectivity index (χ0) is 14.4. The molecule has 0 atom stereocenters. The Morgan fingerprint density at radius 1 is 1.20 bits per heavy atom. The molecule has 1 aromatic heterocycles. The molecule has 3 rings (SSSR count). The van der Waals surface area contributed by atoms with Crippen molar-refractivity contribution in [3.05, 3.63) is 48.8 Å². The predicted octanol–water partition coefficient (Wildman–Crippen LogP) is 3.01. The van der Waals surface area contributed by atoms with Crippen LogP contribution in [0.5, 0.6) is 11.5 Å². The molecule has 5 nitrogen and oxygen atoms in total. The Bertz CT molecular complexity index is 679. The average Bonchev–Trinajstić information content (AvgIpc) is 2.95. The van der Waals surface area contributed by atoms with E-state index in [4.69, 9.17) is 9.84 Å². The number of para-hydroxylation sites is 2. The van der Waals surface area contributed by atoms with Crippen LogP contribution in [-0.4, -0.2) is 29.2 Å². The first-order valence-corrected chi connectivity index (χ1v) is 6.17. The van der Waals surface area contributed by atoms with Crippen LogP contribution in [0.3, 0.4) is 0 Å². The van der Waals surface area contributed by atoms with Gasteiger partial charge in [0.25, 0.3) is 0 Å². The molecule has 1 heterocycles. The third-order valence-electron chi connectivity index (χ3n) is 2.79. The van der Waals surface area contributed by atoms with Crippen molar-refractivity contribution in [3.8, 4) is 11.5 Å². The number of anilines is 1. The van der Waals surface area contributed by atoms with Gasteiger partial charge in [-0.3, -0.25) is 0 Å². The molecule has 5 heteroatoms. The number of rotatable bonds is 2. The summed E-state index contributed by atoms with van der Waals surface area (Å²) in [5.41, 5.74) is 3.17. The number of aromatic amines is 1. The minimum absolute atomic E-state index is 0.181. The van der Waals surface area contributed by atoms with Gasteiger partial charge in [-0.05, 0) is 30.3 Å². The number of ether oxygens (including phenoxy) is 1. The number of nitrogens with one attached hydrogen (secondary N) is 2. The van der Waals surface area contributed by atoms with Crippen LogP contribution in [0.2, 0.25) is 0 Å². The maximum Gasteiger partial charge on any atom is 0.160 e. The van der Waals surface area contributed by atoms with E-state index in [1.54, 1.807) is 30.6 Å². The van der Waals surface area contributed by atoms with E-state index in [0.717, 1.165) is 16.7 Å². The van der Waals surface area contributed by atoms with Gasteiger partial charge in [-0.1, -0.05) is 12.1 Å². The third kappa shape index (κ3) is 3.20. The minimum Gasteiger partial charge on any atom is -0.504 e. The summed E-state index contributed by atoms with van der Waals surface area (Å²) in [6, 6.07) is 12.9. The maximum absolute atomic E-state index is 8.99. The lowest BCUT2D eigenvalue weighted by atomic mass is 10.3. The van der Waals surface area contributed by atoms with E-state index in [0.29, 0.717) is 5.75 Å². The van der Waals surface area contributed by atoms with E-state index in [-0.39, 0.29) is 5.75 Å². The Morgan fingerprint density at radius 3 is 2.65 bits per heavy atom. The van der Waals surface area contributed by atoms with Crippen LogP contribution in [-0.2, 0) is 0 Å². The molecule has 0 fully saturated rings. The summed E-state index contributed by atoms with van der Waals surface area (Å²) in [6.45, 7) is 0. The maximum atomic E-state index is 8.99. The molecule has 20 heavy (non-hydrogen) atoms. The van der Waals surface area contributed by atoms with Gasteiger partial charge < -0.3 is 20.1 Å². The molecule has 0 radical (unpaired) electrons. The number of H-pyrrole nitrogens is 1.